The van der Waals surface area contributed by atoms with Crippen LogP contribution in [0.1, 0.15) is 10.4 Å². The van der Waals surface area contributed by atoms with Gasteiger partial charge < -0.3 is 0 Å². The molecule has 1 rings (SSSR count). The molecule has 0 spiro atoms. The first-order valence-corrected chi connectivity index (χ1v) is 6.20. The standard InChI is InChI=1S/C8H6F3NO.CH4O3S/c9-8(10,11)12-7(13)6-4-2-1-3-5-6;1-5(2,3)4/h1-5H,(H,12,13);1H3,(H,2,3,4). The number of hydrogen-bond donors (Lipinski definition) is 2. The monoisotopic (exact) mass is 285 g/mol. The highest BCUT2D eigenvalue weighted by Gasteiger charge is 2.30. The lowest BCUT2D eigenvalue weighted by Gasteiger charge is -2.07. The smallest absolute Gasteiger partial charge is 0.286 e. The second kappa shape index (κ2) is 6.36. The predicted octanol–water partition coefficient (Wildman–Crippen LogP) is 1.44. The van der Waals surface area contributed by atoms with Crippen LogP contribution < -0.4 is 5.32 Å². The number of alkyl halides is 3. The van der Waals surface area contributed by atoms with Crippen molar-refractivity contribution in [2.45, 2.75) is 6.30 Å². The van der Waals surface area contributed by atoms with Gasteiger partial charge in [-0.15, -0.1) is 0 Å². The van der Waals surface area contributed by atoms with E-state index >= 15 is 0 Å². The molecular weight excluding hydrogens is 275 g/mol. The Labute approximate surface area is 101 Å². The van der Waals surface area contributed by atoms with E-state index in [1.54, 1.807) is 6.07 Å². The lowest BCUT2D eigenvalue weighted by Crippen LogP contribution is -2.37. The van der Waals surface area contributed by atoms with Crippen molar-refractivity contribution in [3.05, 3.63) is 35.9 Å². The van der Waals surface area contributed by atoms with Crippen molar-refractivity contribution in [2.24, 2.45) is 0 Å². The molecule has 0 aliphatic rings. The van der Waals surface area contributed by atoms with Gasteiger partial charge in [-0.2, -0.15) is 21.6 Å². The Bertz CT molecular complexity index is 476. The number of benzene rings is 1. The van der Waals surface area contributed by atoms with Gasteiger partial charge in [-0.3, -0.25) is 14.7 Å². The van der Waals surface area contributed by atoms with Gasteiger partial charge in [0.15, 0.2) is 0 Å². The van der Waals surface area contributed by atoms with Crippen molar-refractivity contribution >= 4 is 16.0 Å². The molecule has 9 heteroatoms. The Hall–Kier alpha value is -1.61. The van der Waals surface area contributed by atoms with Gasteiger partial charge >= 0.3 is 6.30 Å². The first kappa shape index (κ1) is 16.4. The fourth-order valence-corrected chi connectivity index (χ4v) is 0.790. The average molecular weight is 285 g/mol. The van der Waals surface area contributed by atoms with Crippen LogP contribution in [0.3, 0.4) is 0 Å². The van der Waals surface area contributed by atoms with Gasteiger partial charge in [0.1, 0.15) is 0 Å². The van der Waals surface area contributed by atoms with E-state index in [1.165, 1.54) is 24.3 Å². The molecule has 18 heavy (non-hydrogen) atoms. The molecule has 102 valence electrons. The van der Waals surface area contributed by atoms with Gasteiger partial charge in [0.05, 0.1) is 6.26 Å². The molecule has 0 aromatic heterocycles. The molecule has 0 saturated heterocycles. The van der Waals surface area contributed by atoms with Gasteiger partial charge in [0.2, 0.25) is 0 Å². The number of halogens is 3. The number of carbonyl (C=O) groups is 1. The first-order chi connectivity index (χ1) is 7.99. The summed E-state index contributed by atoms with van der Waals surface area (Å²) in [6.45, 7) is 0. The number of nitrogens with one attached hydrogen (secondary N) is 1. The normalized spacial score (nSPS) is 11.2. The van der Waals surface area contributed by atoms with Gasteiger partial charge in [0, 0.05) is 5.56 Å². The van der Waals surface area contributed by atoms with Crippen LogP contribution in [0.25, 0.3) is 0 Å². The van der Waals surface area contributed by atoms with E-state index in [0.29, 0.717) is 6.26 Å². The van der Waals surface area contributed by atoms with Crippen LogP contribution in [0, 0.1) is 0 Å². The number of rotatable bonds is 1. The maximum atomic E-state index is 11.7. The van der Waals surface area contributed by atoms with Crippen molar-refractivity contribution < 1.29 is 30.9 Å². The zero-order valence-corrected chi connectivity index (χ0v) is 9.92. The minimum absolute atomic E-state index is 0.0141. The largest absolute Gasteiger partial charge is 0.484 e. The molecule has 0 aliphatic heterocycles. The molecule has 0 fully saturated rings. The fourth-order valence-electron chi connectivity index (χ4n) is 0.790. The topological polar surface area (TPSA) is 83.5 Å². The highest BCUT2D eigenvalue weighted by molar-refractivity contribution is 7.85. The van der Waals surface area contributed by atoms with E-state index in [2.05, 4.69) is 0 Å². The summed E-state index contributed by atoms with van der Waals surface area (Å²) in [5.74, 6) is -1.15. The maximum Gasteiger partial charge on any atom is 0.484 e. The van der Waals surface area contributed by atoms with Gasteiger partial charge in [-0.05, 0) is 12.1 Å². The molecule has 1 amide bonds. The Morgan fingerprint density at radius 3 is 1.94 bits per heavy atom. The lowest BCUT2D eigenvalue weighted by molar-refractivity contribution is -0.146. The van der Waals surface area contributed by atoms with Crippen molar-refractivity contribution in [3.8, 4) is 0 Å². The summed E-state index contributed by atoms with van der Waals surface area (Å²) in [6.07, 6.45) is -3.96. The molecule has 5 nitrogen and oxygen atoms in total. The Morgan fingerprint density at radius 2 is 1.61 bits per heavy atom. The first-order valence-electron chi connectivity index (χ1n) is 4.36. The third kappa shape index (κ3) is 10.9. The minimum Gasteiger partial charge on any atom is -0.286 e. The van der Waals surface area contributed by atoms with E-state index in [0.717, 1.165) is 5.32 Å². The molecule has 0 atom stereocenters. The molecule has 2 N–H and O–H groups in total. The third-order valence-corrected chi connectivity index (χ3v) is 1.29. The highest BCUT2D eigenvalue weighted by atomic mass is 32.2. The van der Waals surface area contributed by atoms with Crippen LogP contribution in [0.2, 0.25) is 0 Å². The summed E-state index contributed by atoms with van der Waals surface area (Å²) in [4.78, 5) is 10.8. The quantitative estimate of drug-likeness (QED) is 0.604. The number of hydrogen-bond acceptors (Lipinski definition) is 3. The maximum absolute atomic E-state index is 11.7. The van der Waals surface area contributed by atoms with Crippen LogP contribution in [0.15, 0.2) is 30.3 Å². The molecule has 0 unspecified atom stereocenters. The van der Waals surface area contributed by atoms with Gasteiger partial charge in [0.25, 0.3) is 16.0 Å². The van der Waals surface area contributed by atoms with Crippen molar-refractivity contribution in [1.29, 1.82) is 0 Å². The molecule has 0 bridgehead atoms. The van der Waals surface area contributed by atoms with Gasteiger partial charge in [-0.25, -0.2) is 0 Å². The SMILES string of the molecule is CS(=O)(=O)O.O=C(NC(F)(F)F)c1ccccc1. The second-order valence-electron chi connectivity index (χ2n) is 3.05. The zero-order valence-electron chi connectivity index (χ0n) is 9.10. The summed E-state index contributed by atoms with van der Waals surface area (Å²) < 4.78 is 60.8. The van der Waals surface area contributed by atoms with Gasteiger partial charge in [-0.1, -0.05) is 18.2 Å². The summed E-state index contributed by atoms with van der Waals surface area (Å²) in [5, 5.41) is 0.896. The molecule has 0 saturated carbocycles. The number of carbonyl (C=O) groups excluding carboxylic acids is 1. The summed E-state index contributed by atoms with van der Waals surface area (Å²) in [5.41, 5.74) is -0.0141. The minimum atomic E-state index is -4.67. The van der Waals surface area contributed by atoms with E-state index in [4.69, 9.17) is 4.55 Å². The van der Waals surface area contributed by atoms with Crippen LogP contribution in [0.5, 0.6) is 0 Å². The van der Waals surface area contributed by atoms with E-state index in [-0.39, 0.29) is 5.56 Å². The highest BCUT2D eigenvalue weighted by Crippen LogP contribution is 2.11. The van der Waals surface area contributed by atoms with E-state index in [1.807, 2.05) is 0 Å². The average Bonchev–Trinajstić information content (AvgIpc) is 2.14. The summed E-state index contributed by atoms with van der Waals surface area (Å²) in [7, 11) is -3.67. The second-order valence-corrected chi connectivity index (χ2v) is 4.52. The Balaban J connectivity index is 0.000000494. The van der Waals surface area contributed by atoms with Crippen molar-refractivity contribution in [3.63, 3.8) is 0 Å². The summed E-state index contributed by atoms with van der Waals surface area (Å²) in [6, 6.07) is 7.21. The fraction of sp³-hybridized carbons (Fsp3) is 0.222. The summed E-state index contributed by atoms with van der Waals surface area (Å²) >= 11 is 0. The van der Waals surface area contributed by atoms with Crippen molar-refractivity contribution in [1.82, 2.24) is 5.32 Å². The Kier molecular flexibility index (Phi) is 5.79. The van der Waals surface area contributed by atoms with E-state index in [9.17, 15) is 26.4 Å². The predicted molar refractivity (Wildman–Crippen MR) is 57.4 cm³/mol. The molecular formula is C9H10F3NO4S. The number of amides is 1. The zero-order chi connectivity index (χ0) is 14.4. The van der Waals surface area contributed by atoms with Crippen molar-refractivity contribution in [2.75, 3.05) is 6.26 Å². The van der Waals surface area contributed by atoms with Crippen LogP contribution in [-0.2, 0) is 10.1 Å². The lowest BCUT2D eigenvalue weighted by atomic mass is 10.2. The molecule has 1 aromatic carbocycles. The molecule has 0 heterocycles. The molecule has 0 aliphatic carbocycles. The molecule has 1 aromatic rings. The van der Waals surface area contributed by atoms with Crippen LogP contribution in [0.4, 0.5) is 13.2 Å². The third-order valence-electron chi connectivity index (χ3n) is 1.29. The molecule has 0 radical (unpaired) electrons. The van der Waals surface area contributed by atoms with Crippen LogP contribution in [-0.4, -0.2) is 31.4 Å². The van der Waals surface area contributed by atoms with Crippen LogP contribution >= 0.6 is 0 Å². The Morgan fingerprint density at radius 1 is 1.22 bits per heavy atom. The van der Waals surface area contributed by atoms with E-state index < -0.39 is 22.3 Å².